The number of carbonyl (C=O) groups is 1. The van der Waals surface area contributed by atoms with E-state index in [0.29, 0.717) is 24.5 Å². The van der Waals surface area contributed by atoms with Crippen LogP contribution in [-0.2, 0) is 18.3 Å². The van der Waals surface area contributed by atoms with Crippen LogP contribution < -0.4 is 5.32 Å². The van der Waals surface area contributed by atoms with Gasteiger partial charge in [0.1, 0.15) is 0 Å². The minimum absolute atomic E-state index is 0.133. The third-order valence-corrected chi connectivity index (χ3v) is 5.81. The van der Waals surface area contributed by atoms with Crippen LogP contribution in [0.5, 0.6) is 0 Å². The summed E-state index contributed by atoms with van der Waals surface area (Å²) in [7, 11) is 7.85. The van der Waals surface area contributed by atoms with Crippen LogP contribution in [0.25, 0.3) is 0 Å². The minimum Gasteiger partial charge on any atom is -0.354 e. The zero-order valence-corrected chi connectivity index (χ0v) is 19.5. The molecule has 1 saturated heterocycles. The van der Waals surface area contributed by atoms with E-state index >= 15 is 0 Å². The lowest BCUT2D eigenvalue weighted by Crippen LogP contribution is -2.54. The van der Waals surface area contributed by atoms with Crippen molar-refractivity contribution in [2.75, 3.05) is 53.9 Å². The molecule has 168 valence electrons. The average Bonchev–Trinajstić information content (AvgIpc) is 3.17. The third kappa shape index (κ3) is 6.21. The molecule has 0 spiro atoms. The van der Waals surface area contributed by atoms with Crippen molar-refractivity contribution in [1.82, 2.24) is 29.8 Å². The van der Waals surface area contributed by atoms with Gasteiger partial charge < -0.3 is 20.0 Å². The lowest BCUT2D eigenvalue weighted by atomic mass is 10.1. The number of hydrogen-bond donors (Lipinski definition) is 1. The Hall–Kier alpha value is -2.58. The van der Waals surface area contributed by atoms with Crippen molar-refractivity contribution in [3.63, 3.8) is 0 Å². The number of nitrogens with one attached hydrogen (secondary N) is 1. The van der Waals surface area contributed by atoms with Gasteiger partial charge in [-0.15, -0.1) is 0 Å². The van der Waals surface area contributed by atoms with Crippen molar-refractivity contribution in [3.05, 3.63) is 52.8 Å². The van der Waals surface area contributed by atoms with Crippen LogP contribution in [0.3, 0.4) is 0 Å². The molecule has 1 aliphatic heterocycles. The van der Waals surface area contributed by atoms with Crippen LogP contribution in [0.15, 0.2) is 41.7 Å². The van der Waals surface area contributed by atoms with E-state index in [1.54, 1.807) is 7.05 Å². The molecule has 0 aliphatic carbocycles. The number of rotatable bonds is 6. The maximum atomic E-state index is 12.7. The molecule has 0 bridgehead atoms. The SMILES string of the molecule is CN=C(NCC(c1cnn(C)c1)N(C)C)N1CCN(C(=O)Cc2cccc(Cl)c2)CC1. The van der Waals surface area contributed by atoms with Crippen LogP contribution in [0.4, 0.5) is 0 Å². The molecule has 31 heavy (non-hydrogen) atoms. The zero-order valence-electron chi connectivity index (χ0n) is 18.8. The standard InChI is InChI=1S/C22H32ClN7O/c1-24-22(25-15-20(27(2)3)18-14-26-28(4)16-18)30-10-8-29(9-11-30)21(31)13-17-6-5-7-19(23)12-17/h5-7,12,14,16,20H,8-11,13,15H2,1-4H3,(H,24,25). The fourth-order valence-corrected chi connectivity index (χ4v) is 4.04. The van der Waals surface area contributed by atoms with Gasteiger partial charge in [0.15, 0.2) is 5.96 Å². The van der Waals surface area contributed by atoms with Crippen LogP contribution in [0.2, 0.25) is 5.02 Å². The number of aryl methyl sites for hydroxylation is 1. The topological polar surface area (TPSA) is 69.0 Å². The summed E-state index contributed by atoms with van der Waals surface area (Å²) in [6.45, 7) is 3.58. The van der Waals surface area contributed by atoms with E-state index in [-0.39, 0.29) is 11.9 Å². The Bertz CT molecular complexity index is 903. The van der Waals surface area contributed by atoms with E-state index in [1.165, 1.54) is 0 Å². The van der Waals surface area contributed by atoms with E-state index in [1.807, 2.05) is 53.3 Å². The number of hydrogen-bond acceptors (Lipinski definition) is 4. The second kappa shape index (κ2) is 10.6. The Balaban J connectivity index is 1.52. The van der Waals surface area contributed by atoms with E-state index < -0.39 is 0 Å². The molecule has 1 amide bonds. The third-order valence-electron chi connectivity index (χ3n) is 5.57. The van der Waals surface area contributed by atoms with Gasteiger partial charge in [0.25, 0.3) is 0 Å². The summed E-state index contributed by atoms with van der Waals surface area (Å²) in [6, 6.07) is 7.68. The summed E-state index contributed by atoms with van der Waals surface area (Å²) in [5, 5.41) is 8.45. The van der Waals surface area contributed by atoms with Gasteiger partial charge in [-0.3, -0.25) is 14.5 Å². The molecule has 1 aromatic carbocycles. The first-order chi connectivity index (χ1) is 14.9. The largest absolute Gasteiger partial charge is 0.354 e. The Morgan fingerprint density at radius 2 is 1.97 bits per heavy atom. The first kappa shape index (κ1) is 23.1. The van der Waals surface area contributed by atoms with Crippen molar-refractivity contribution in [1.29, 1.82) is 0 Å². The summed E-state index contributed by atoms with van der Waals surface area (Å²) in [4.78, 5) is 23.4. The first-order valence-corrected chi connectivity index (χ1v) is 10.9. The highest BCUT2D eigenvalue weighted by atomic mass is 35.5. The quantitative estimate of drug-likeness (QED) is 0.540. The highest BCUT2D eigenvalue weighted by Crippen LogP contribution is 2.17. The summed E-state index contributed by atoms with van der Waals surface area (Å²) in [5.74, 6) is 0.992. The van der Waals surface area contributed by atoms with Crippen molar-refractivity contribution >= 4 is 23.5 Å². The fraction of sp³-hybridized carbons (Fsp3) is 0.500. The van der Waals surface area contributed by atoms with E-state index in [2.05, 4.69) is 39.3 Å². The molecule has 1 N–H and O–H groups in total. The van der Waals surface area contributed by atoms with Crippen LogP contribution >= 0.6 is 11.6 Å². The van der Waals surface area contributed by atoms with Crippen LogP contribution in [0, 0.1) is 0 Å². The van der Waals surface area contributed by atoms with Crippen molar-refractivity contribution in [3.8, 4) is 0 Å². The van der Waals surface area contributed by atoms with E-state index in [9.17, 15) is 4.79 Å². The molecule has 2 heterocycles. The molecule has 1 aliphatic rings. The number of halogens is 1. The molecule has 0 saturated carbocycles. The van der Waals surface area contributed by atoms with Crippen molar-refractivity contribution < 1.29 is 4.79 Å². The molecule has 1 aromatic heterocycles. The van der Waals surface area contributed by atoms with Crippen molar-refractivity contribution in [2.24, 2.45) is 12.0 Å². The molecule has 9 heteroatoms. The second-order valence-corrected chi connectivity index (χ2v) is 8.47. The summed E-state index contributed by atoms with van der Waals surface area (Å²) >= 11 is 6.04. The lowest BCUT2D eigenvalue weighted by Gasteiger charge is -2.37. The Morgan fingerprint density at radius 1 is 1.26 bits per heavy atom. The predicted molar refractivity (Wildman–Crippen MR) is 124 cm³/mol. The predicted octanol–water partition coefficient (Wildman–Crippen LogP) is 1.64. The molecular formula is C22H32ClN7O. The summed E-state index contributed by atoms with van der Waals surface area (Å²) < 4.78 is 1.82. The molecule has 2 aromatic rings. The molecule has 1 atom stereocenters. The Morgan fingerprint density at radius 3 is 2.55 bits per heavy atom. The van der Waals surface area contributed by atoms with Gasteiger partial charge in [0.05, 0.1) is 18.7 Å². The number of likely N-dealkylation sites (N-methyl/N-ethyl adjacent to an activating group) is 1. The Labute approximate surface area is 189 Å². The average molecular weight is 446 g/mol. The number of benzene rings is 1. The van der Waals surface area contributed by atoms with E-state index in [0.717, 1.165) is 36.7 Å². The molecule has 8 nitrogen and oxygen atoms in total. The monoisotopic (exact) mass is 445 g/mol. The lowest BCUT2D eigenvalue weighted by molar-refractivity contribution is -0.131. The zero-order chi connectivity index (χ0) is 22.4. The second-order valence-electron chi connectivity index (χ2n) is 8.03. The molecule has 3 rings (SSSR count). The molecule has 1 unspecified atom stereocenters. The van der Waals surface area contributed by atoms with Gasteiger partial charge in [-0.1, -0.05) is 23.7 Å². The fourth-order valence-electron chi connectivity index (χ4n) is 3.83. The van der Waals surface area contributed by atoms with E-state index in [4.69, 9.17) is 11.6 Å². The number of carbonyl (C=O) groups excluding carboxylic acids is 1. The smallest absolute Gasteiger partial charge is 0.227 e. The Kier molecular flexibility index (Phi) is 7.92. The highest BCUT2D eigenvalue weighted by molar-refractivity contribution is 6.30. The normalized spacial score (nSPS) is 16.0. The summed E-state index contributed by atoms with van der Waals surface area (Å²) in [5.41, 5.74) is 2.11. The van der Waals surface area contributed by atoms with Gasteiger partial charge in [-0.25, -0.2) is 0 Å². The van der Waals surface area contributed by atoms with Crippen LogP contribution in [-0.4, -0.2) is 90.2 Å². The first-order valence-electron chi connectivity index (χ1n) is 10.5. The van der Waals surface area contributed by atoms with Gasteiger partial charge in [-0.05, 0) is 31.8 Å². The number of piperazine rings is 1. The molecule has 0 radical (unpaired) electrons. The number of nitrogens with zero attached hydrogens (tertiary/aromatic N) is 6. The van der Waals surface area contributed by atoms with Crippen LogP contribution in [0.1, 0.15) is 17.2 Å². The maximum Gasteiger partial charge on any atom is 0.227 e. The number of aliphatic imine (C=N–C) groups is 1. The highest BCUT2D eigenvalue weighted by Gasteiger charge is 2.24. The maximum absolute atomic E-state index is 12.7. The van der Waals surface area contributed by atoms with Crippen molar-refractivity contribution in [2.45, 2.75) is 12.5 Å². The molecule has 1 fully saturated rings. The summed E-state index contributed by atoms with van der Waals surface area (Å²) in [6.07, 6.45) is 4.32. The van der Waals surface area contributed by atoms with Gasteiger partial charge in [0.2, 0.25) is 5.91 Å². The van der Waals surface area contributed by atoms with Gasteiger partial charge in [-0.2, -0.15) is 5.10 Å². The number of guanidine groups is 1. The number of amides is 1. The van der Waals surface area contributed by atoms with Gasteiger partial charge in [0, 0.05) is 63.6 Å². The molecular weight excluding hydrogens is 414 g/mol. The number of aromatic nitrogens is 2. The van der Waals surface area contributed by atoms with Gasteiger partial charge >= 0.3 is 0 Å². The minimum atomic E-state index is 0.133.